The molecule has 1 aliphatic heterocycles. The Morgan fingerprint density at radius 3 is 2.72 bits per heavy atom. The van der Waals surface area contributed by atoms with Gasteiger partial charge in [-0.25, -0.2) is 9.97 Å². The molecule has 3 atom stereocenters. The van der Waals surface area contributed by atoms with Gasteiger partial charge in [-0.3, -0.25) is 4.79 Å². The van der Waals surface area contributed by atoms with E-state index in [1.807, 2.05) is 17.2 Å². The standard InChI is InChI=1S/C18H23N5O2/c1-22(16-14-2-5-19-15(14)20-10-21-16)13-6-11-8-23(9-12(11)7-13)17(24)18(25)3-4-18/h2,5,10-13,25H,3-4,6-9H2,1H3,(H,19,20,21)/t11-,12?,13?/m0/s1. The van der Waals surface area contributed by atoms with Crippen LogP contribution in [-0.4, -0.2) is 62.6 Å². The summed E-state index contributed by atoms with van der Waals surface area (Å²) in [6, 6.07) is 2.46. The third kappa shape index (κ3) is 2.33. The largest absolute Gasteiger partial charge is 0.380 e. The fraction of sp³-hybridized carbons (Fsp3) is 0.611. The number of carbonyl (C=O) groups is 1. The predicted molar refractivity (Wildman–Crippen MR) is 93.1 cm³/mol. The molecule has 2 aliphatic carbocycles. The molecule has 3 aliphatic rings. The van der Waals surface area contributed by atoms with Crippen molar-refractivity contribution in [3.8, 4) is 0 Å². The first kappa shape index (κ1) is 15.1. The maximum atomic E-state index is 12.4. The van der Waals surface area contributed by atoms with Crippen LogP contribution in [0.1, 0.15) is 25.7 Å². The van der Waals surface area contributed by atoms with Crippen LogP contribution < -0.4 is 4.90 Å². The van der Waals surface area contributed by atoms with E-state index in [1.165, 1.54) is 0 Å². The van der Waals surface area contributed by atoms with Gasteiger partial charge in [-0.05, 0) is 43.6 Å². The number of carbonyl (C=O) groups excluding carboxylic acids is 1. The van der Waals surface area contributed by atoms with Gasteiger partial charge < -0.3 is 19.9 Å². The Hall–Kier alpha value is -2.15. The van der Waals surface area contributed by atoms with E-state index in [9.17, 15) is 9.90 Å². The normalized spacial score (nSPS) is 29.8. The van der Waals surface area contributed by atoms with Gasteiger partial charge in [-0.15, -0.1) is 0 Å². The molecule has 0 radical (unpaired) electrons. The molecule has 25 heavy (non-hydrogen) atoms. The maximum absolute atomic E-state index is 12.4. The Balaban J connectivity index is 1.29. The van der Waals surface area contributed by atoms with Gasteiger partial charge >= 0.3 is 0 Å². The Morgan fingerprint density at radius 1 is 1.32 bits per heavy atom. The van der Waals surface area contributed by atoms with Crippen molar-refractivity contribution in [1.29, 1.82) is 0 Å². The number of hydrogen-bond donors (Lipinski definition) is 2. The molecular formula is C18H23N5O2. The lowest BCUT2D eigenvalue weighted by Crippen LogP contribution is -2.40. The van der Waals surface area contributed by atoms with Gasteiger partial charge in [0.15, 0.2) is 0 Å². The Labute approximate surface area is 146 Å². The SMILES string of the molecule is CN(c1ncnc2[nH]ccc12)C1CC2CN(C(=O)C3(O)CC3)C[C@@H]2C1. The van der Waals surface area contributed by atoms with Gasteiger partial charge in [0.1, 0.15) is 23.4 Å². The minimum Gasteiger partial charge on any atom is -0.380 e. The number of rotatable bonds is 3. The maximum Gasteiger partial charge on any atom is 0.254 e. The second-order valence-electron chi connectivity index (χ2n) is 7.94. The van der Waals surface area contributed by atoms with E-state index in [2.05, 4.69) is 26.9 Å². The Bertz CT molecular complexity index is 816. The van der Waals surface area contributed by atoms with Crippen molar-refractivity contribution in [2.45, 2.75) is 37.3 Å². The van der Waals surface area contributed by atoms with Crippen LogP contribution in [0.3, 0.4) is 0 Å². The van der Waals surface area contributed by atoms with E-state index >= 15 is 0 Å². The van der Waals surface area contributed by atoms with Crippen molar-refractivity contribution >= 4 is 22.8 Å². The highest BCUT2D eigenvalue weighted by Gasteiger charge is 2.53. The van der Waals surface area contributed by atoms with Crippen LogP contribution in [0.2, 0.25) is 0 Å². The molecule has 2 N–H and O–H groups in total. The first-order valence-corrected chi connectivity index (χ1v) is 9.08. The molecule has 2 unspecified atom stereocenters. The molecule has 3 fully saturated rings. The highest BCUT2D eigenvalue weighted by molar-refractivity contribution is 5.88. The van der Waals surface area contributed by atoms with Crippen LogP contribution in [0, 0.1) is 11.8 Å². The molecule has 1 amide bonds. The summed E-state index contributed by atoms with van der Waals surface area (Å²) in [4.78, 5) is 28.4. The minimum atomic E-state index is -1.03. The molecule has 2 aromatic heterocycles. The molecule has 2 saturated carbocycles. The van der Waals surface area contributed by atoms with E-state index in [1.54, 1.807) is 6.33 Å². The molecule has 132 valence electrons. The molecule has 0 aromatic carbocycles. The molecule has 2 aromatic rings. The van der Waals surface area contributed by atoms with E-state index in [-0.39, 0.29) is 5.91 Å². The molecule has 5 rings (SSSR count). The summed E-state index contributed by atoms with van der Waals surface area (Å²) in [5.74, 6) is 1.98. The number of amides is 1. The highest BCUT2D eigenvalue weighted by Crippen LogP contribution is 2.44. The fourth-order valence-corrected chi connectivity index (χ4v) is 4.69. The van der Waals surface area contributed by atoms with Crippen molar-refractivity contribution in [2.24, 2.45) is 11.8 Å². The lowest BCUT2D eigenvalue weighted by Gasteiger charge is -2.28. The van der Waals surface area contributed by atoms with Gasteiger partial charge in [-0.2, -0.15) is 0 Å². The second-order valence-corrected chi connectivity index (χ2v) is 7.94. The van der Waals surface area contributed by atoms with E-state index in [0.29, 0.717) is 30.7 Å². The number of nitrogens with one attached hydrogen (secondary N) is 1. The van der Waals surface area contributed by atoms with Gasteiger partial charge in [-0.1, -0.05) is 0 Å². The fourth-order valence-electron chi connectivity index (χ4n) is 4.69. The first-order valence-electron chi connectivity index (χ1n) is 9.08. The first-order chi connectivity index (χ1) is 12.0. The van der Waals surface area contributed by atoms with Crippen molar-refractivity contribution in [1.82, 2.24) is 19.9 Å². The van der Waals surface area contributed by atoms with Gasteiger partial charge in [0, 0.05) is 32.4 Å². The Morgan fingerprint density at radius 2 is 2.04 bits per heavy atom. The number of fused-ring (bicyclic) bond motifs is 2. The van der Waals surface area contributed by atoms with Crippen LogP contribution >= 0.6 is 0 Å². The molecule has 0 spiro atoms. The lowest BCUT2D eigenvalue weighted by atomic mass is 10.0. The number of aromatic nitrogens is 3. The molecule has 1 saturated heterocycles. The van der Waals surface area contributed by atoms with Crippen LogP contribution in [-0.2, 0) is 4.79 Å². The second kappa shape index (κ2) is 5.17. The summed E-state index contributed by atoms with van der Waals surface area (Å²) in [7, 11) is 2.11. The predicted octanol–water partition coefficient (Wildman–Crippen LogP) is 1.16. The van der Waals surface area contributed by atoms with E-state index < -0.39 is 5.60 Å². The molecule has 0 bridgehead atoms. The number of H-pyrrole nitrogens is 1. The molecule has 3 heterocycles. The summed E-state index contributed by atoms with van der Waals surface area (Å²) in [6.45, 7) is 1.58. The zero-order valence-corrected chi connectivity index (χ0v) is 14.4. The summed E-state index contributed by atoms with van der Waals surface area (Å²) in [5.41, 5.74) is -0.167. The quantitative estimate of drug-likeness (QED) is 0.875. The monoisotopic (exact) mass is 341 g/mol. The van der Waals surface area contributed by atoms with Crippen LogP contribution in [0.25, 0.3) is 11.0 Å². The number of anilines is 1. The smallest absolute Gasteiger partial charge is 0.254 e. The third-order valence-corrected chi connectivity index (χ3v) is 6.35. The number of hydrogen-bond acceptors (Lipinski definition) is 5. The van der Waals surface area contributed by atoms with Crippen molar-refractivity contribution in [3.05, 3.63) is 18.6 Å². The van der Waals surface area contributed by atoms with Gasteiger partial charge in [0.05, 0.1) is 5.39 Å². The Kier molecular flexibility index (Phi) is 3.13. The molecular weight excluding hydrogens is 318 g/mol. The third-order valence-electron chi connectivity index (χ3n) is 6.35. The molecule has 7 heteroatoms. The van der Waals surface area contributed by atoms with Crippen molar-refractivity contribution in [3.63, 3.8) is 0 Å². The van der Waals surface area contributed by atoms with Crippen molar-refractivity contribution in [2.75, 3.05) is 25.0 Å². The zero-order chi connectivity index (χ0) is 17.2. The van der Waals surface area contributed by atoms with E-state index in [0.717, 1.165) is 42.8 Å². The lowest BCUT2D eigenvalue weighted by molar-refractivity contribution is -0.141. The van der Waals surface area contributed by atoms with Crippen LogP contribution in [0.4, 0.5) is 5.82 Å². The number of nitrogens with zero attached hydrogens (tertiary/aromatic N) is 4. The highest BCUT2D eigenvalue weighted by atomic mass is 16.3. The summed E-state index contributed by atoms with van der Waals surface area (Å²) in [5, 5.41) is 11.1. The summed E-state index contributed by atoms with van der Waals surface area (Å²) in [6.07, 6.45) is 6.90. The van der Waals surface area contributed by atoms with Gasteiger partial charge in [0.25, 0.3) is 5.91 Å². The van der Waals surface area contributed by atoms with Gasteiger partial charge in [0.2, 0.25) is 0 Å². The number of aromatic amines is 1. The molecule has 7 nitrogen and oxygen atoms in total. The number of likely N-dealkylation sites (tertiary alicyclic amines) is 1. The van der Waals surface area contributed by atoms with Crippen molar-refractivity contribution < 1.29 is 9.90 Å². The average molecular weight is 341 g/mol. The zero-order valence-electron chi connectivity index (χ0n) is 14.4. The summed E-state index contributed by atoms with van der Waals surface area (Å²) < 4.78 is 0. The topological polar surface area (TPSA) is 85.4 Å². The average Bonchev–Trinajstić information content (AvgIpc) is 2.99. The number of aliphatic hydroxyl groups is 1. The van der Waals surface area contributed by atoms with Crippen LogP contribution in [0.15, 0.2) is 18.6 Å². The minimum absolute atomic E-state index is 0.0448. The summed E-state index contributed by atoms with van der Waals surface area (Å²) >= 11 is 0. The van der Waals surface area contributed by atoms with Crippen LogP contribution in [0.5, 0.6) is 0 Å². The van der Waals surface area contributed by atoms with E-state index in [4.69, 9.17) is 0 Å².